The largest absolute Gasteiger partial charge is 0.270 e. The highest BCUT2D eigenvalue weighted by atomic mass is 79.9. The highest BCUT2D eigenvalue weighted by molar-refractivity contribution is 9.11. The van der Waals surface area contributed by atoms with E-state index in [-0.39, 0.29) is 0 Å². The molecule has 0 atom stereocenters. The van der Waals surface area contributed by atoms with Gasteiger partial charge in [-0.1, -0.05) is 33.8 Å². The van der Waals surface area contributed by atoms with Crippen LogP contribution < -0.4 is 5.43 Å². The van der Waals surface area contributed by atoms with Crippen LogP contribution in [0.15, 0.2) is 63.1 Å². The lowest BCUT2D eigenvalue weighted by atomic mass is 10.0. The van der Waals surface area contributed by atoms with Gasteiger partial charge in [0.15, 0.2) is 0 Å². The first-order valence-electron chi connectivity index (χ1n) is 8.81. The van der Waals surface area contributed by atoms with Crippen molar-refractivity contribution >= 4 is 37.4 Å². The minimum absolute atomic E-state index is 0.527. The lowest BCUT2D eigenvalue weighted by molar-refractivity contribution is 0.388. The Morgan fingerprint density at radius 1 is 1.12 bits per heavy atom. The molecule has 1 N–H and O–H groups in total. The van der Waals surface area contributed by atoms with Crippen LogP contribution in [0.5, 0.6) is 0 Å². The number of halogens is 2. The number of hydrazine groups is 1. The smallest absolute Gasteiger partial charge is 0.100 e. The number of hydrogen-bond donors (Lipinski definition) is 1. The fraction of sp³-hybridized carbons (Fsp3) is 0.350. The van der Waals surface area contributed by atoms with Gasteiger partial charge in [-0.25, -0.2) is 9.94 Å². The van der Waals surface area contributed by atoms with Gasteiger partial charge in [-0.05, 0) is 73.6 Å². The first kappa shape index (κ1) is 19.4. The Balaban J connectivity index is 0.000000151. The van der Waals surface area contributed by atoms with Crippen molar-refractivity contribution in [2.75, 3.05) is 6.54 Å². The van der Waals surface area contributed by atoms with E-state index in [1.54, 1.807) is 0 Å². The normalized spacial score (nSPS) is 16.3. The molecule has 4 heterocycles. The standard InChI is InChI=1S/C10H11BrN2.C10H13BrN2/c1-7(2)9-5-12-13-6-8(11)3-4-10(9)13;1-7(2)8-6-12-13-9(8)4-3-5-10(13)11/h3-7H,1-2H3;3-5,7,12H,6H2,1-2H3. The average molecular weight is 480 g/mol. The third-order valence-electron chi connectivity index (χ3n) is 4.53. The van der Waals surface area contributed by atoms with Gasteiger partial charge < -0.3 is 0 Å². The quantitative estimate of drug-likeness (QED) is 0.557. The number of nitrogens with one attached hydrogen (secondary N) is 1. The van der Waals surface area contributed by atoms with Crippen molar-refractivity contribution in [3.05, 3.63) is 68.7 Å². The van der Waals surface area contributed by atoms with E-state index in [0.29, 0.717) is 11.8 Å². The van der Waals surface area contributed by atoms with Crippen LogP contribution in [0.3, 0.4) is 0 Å². The SMILES string of the molecule is CC(C)C1=C2C=CC=C(Br)N2NC1.CC(C)c1cnn2cc(Br)ccc12. The first-order chi connectivity index (χ1) is 12.4. The Hall–Kier alpha value is -1.37. The lowest BCUT2D eigenvalue weighted by Gasteiger charge is -2.22. The highest BCUT2D eigenvalue weighted by Gasteiger charge is 2.24. The molecule has 4 rings (SSSR count). The molecule has 2 aromatic rings. The van der Waals surface area contributed by atoms with E-state index in [1.807, 2.05) is 29.1 Å². The molecule has 0 saturated carbocycles. The number of allylic oxidation sites excluding steroid dienone is 3. The maximum Gasteiger partial charge on any atom is 0.100 e. The minimum Gasteiger partial charge on any atom is -0.270 e. The van der Waals surface area contributed by atoms with Crippen molar-refractivity contribution in [1.82, 2.24) is 20.0 Å². The van der Waals surface area contributed by atoms with Gasteiger partial charge in [-0.3, -0.25) is 5.01 Å². The molecule has 2 aliphatic rings. The zero-order chi connectivity index (χ0) is 18.8. The second kappa shape index (κ2) is 8.11. The van der Waals surface area contributed by atoms with Crippen molar-refractivity contribution in [1.29, 1.82) is 0 Å². The Morgan fingerprint density at radius 2 is 1.88 bits per heavy atom. The molecule has 0 bridgehead atoms. The van der Waals surface area contributed by atoms with Crippen molar-refractivity contribution in [2.24, 2.45) is 5.92 Å². The van der Waals surface area contributed by atoms with Crippen LogP contribution in [0.25, 0.3) is 5.52 Å². The second-order valence-electron chi connectivity index (χ2n) is 7.02. The fourth-order valence-corrected chi connectivity index (χ4v) is 3.87. The van der Waals surface area contributed by atoms with Crippen LogP contribution in [0, 0.1) is 5.92 Å². The Kier molecular flexibility index (Phi) is 6.05. The van der Waals surface area contributed by atoms with Gasteiger partial charge >= 0.3 is 0 Å². The molecule has 0 aromatic carbocycles. The highest BCUT2D eigenvalue weighted by Crippen LogP contribution is 2.30. The topological polar surface area (TPSA) is 32.6 Å². The summed E-state index contributed by atoms with van der Waals surface area (Å²) >= 11 is 6.93. The Labute approximate surface area is 171 Å². The Bertz CT molecular complexity index is 890. The molecule has 0 spiro atoms. The van der Waals surface area contributed by atoms with E-state index in [0.717, 1.165) is 15.6 Å². The zero-order valence-electron chi connectivity index (χ0n) is 15.5. The molecular weight excluding hydrogens is 456 g/mol. The number of rotatable bonds is 2. The molecule has 2 aromatic heterocycles. The molecule has 6 heteroatoms. The van der Waals surface area contributed by atoms with Crippen LogP contribution >= 0.6 is 31.9 Å². The molecule has 0 aliphatic carbocycles. The van der Waals surface area contributed by atoms with E-state index < -0.39 is 0 Å². The molecule has 0 fully saturated rings. The van der Waals surface area contributed by atoms with Crippen molar-refractivity contribution in [3.8, 4) is 0 Å². The van der Waals surface area contributed by atoms with Gasteiger partial charge in [-0.15, -0.1) is 0 Å². The molecule has 0 saturated heterocycles. The van der Waals surface area contributed by atoms with Crippen LogP contribution in [0.1, 0.15) is 39.2 Å². The second-order valence-corrected chi connectivity index (χ2v) is 8.74. The van der Waals surface area contributed by atoms with Crippen LogP contribution in [-0.2, 0) is 0 Å². The van der Waals surface area contributed by atoms with Gasteiger partial charge in [-0.2, -0.15) is 5.10 Å². The molecule has 138 valence electrons. The summed E-state index contributed by atoms with van der Waals surface area (Å²) < 4.78 is 4.04. The predicted molar refractivity (Wildman–Crippen MR) is 115 cm³/mol. The molecule has 4 nitrogen and oxygen atoms in total. The lowest BCUT2D eigenvalue weighted by Crippen LogP contribution is -2.29. The molecule has 26 heavy (non-hydrogen) atoms. The maximum atomic E-state index is 4.29. The van der Waals surface area contributed by atoms with E-state index in [1.165, 1.54) is 22.4 Å². The summed E-state index contributed by atoms with van der Waals surface area (Å²) in [4.78, 5) is 0. The van der Waals surface area contributed by atoms with E-state index in [9.17, 15) is 0 Å². The van der Waals surface area contributed by atoms with Gasteiger partial charge in [0.05, 0.1) is 17.4 Å². The average Bonchev–Trinajstić information content (AvgIpc) is 3.19. The number of hydrogen-bond acceptors (Lipinski definition) is 3. The molecular formula is C20H24Br2N4. The summed E-state index contributed by atoms with van der Waals surface area (Å²) in [6, 6.07) is 4.13. The van der Waals surface area contributed by atoms with Crippen LogP contribution in [-0.4, -0.2) is 21.2 Å². The van der Waals surface area contributed by atoms with Crippen molar-refractivity contribution in [2.45, 2.75) is 33.6 Å². The maximum absolute atomic E-state index is 4.29. The monoisotopic (exact) mass is 478 g/mol. The van der Waals surface area contributed by atoms with Gasteiger partial charge in [0.25, 0.3) is 0 Å². The summed E-state index contributed by atoms with van der Waals surface area (Å²) in [6.07, 6.45) is 10.2. The van der Waals surface area contributed by atoms with Crippen molar-refractivity contribution in [3.63, 3.8) is 0 Å². The minimum atomic E-state index is 0.527. The van der Waals surface area contributed by atoms with Crippen molar-refractivity contribution < 1.29 is 0 Å². The van der Waals surface area contributed by atoms with Crippen LogP contribution in [0.4, 0.5) is 0 Å². The van der Waals surface area contributed by atoms with Gasteiger partial charge in [0, 0.05) is 22.8 Å². The number of nitrogens with zero attached hydrogens (tertiary/aromatic N) is 3. The molecule has 0 unspecified atom stereocenters. The van der Waals surface area contributed by atoms with Crippen LogP contribution in [0.2, 0.25) is 0 Å². The van der Waals surface area contributed by atoms with E-state index in [4.69, 9.17) is 0 Å². The van der Waals surface area contributed by atoms with E-state index in [2.05, 4.69) is 93.3 Å². The predicted octanol–water partition coefficient (Wildman–Crippen LogP) is 5.74. The summed E-state index contributed by atoms with van der Waals surface area (Å²) in [7, 11) is 0. The van der Waals surface area contributed by atoms with Gasteiger partial charge in [0.1, 0.15) is 4.61 Å². The number of aromatic nitrogens is 2. The Morgan fingerprint density at radius 3 is 2.58 bits per heavy atom. The fourth-order valence-electron chi connectivity index (χ4n) is 3.07. The summed E-state index contributed by atoms with van der Waals surface area (Å²) in [5.74, 6) is 1.13. The zero-order valence-corrected chi connectivity index (χ0v) is 18.7. The molecule has 2 aliphatic heterocycles. The molecule has 0 amide bonds. The summed E-state index contributed by atoms with van der Waals surface area (Å²) in [6.45, 7) is 9.78. The third-order valence-corrected chi connectivity index (χ3v) is 5.62. The first-order valence-corrected chi connectivity index (χ1v) is 10.4. The third kappa shape index (κ3) is 3.97. The number of pyridine rings is 1. The van der Waals surface area contributed by atoms with E-state index >= 15 is 0 Å². The number of fused-ring (bicyclic) bond motifs is 2. The van der Waals surface area contributed by atoms with Gasteiger partial charge in [0.2, 0.25) is 0 Å². The summed E-state index contributed by atoms with van der Waals surface area (Å²) in [5.41, 5.74) is 8.59. The molecule has 0 radical (unpaired) electrons. The summed E-state index contributed by atoms with van der Waals surface area (Å²) in [5, 5.41) is 6.38.